The van der Waals surface area contributed by atoms with Crippen LogP contribution in [0.3, 0.4) is 0 Å². The van der Waals surface area contributed by atoms with E-state index >= 15 is 0 Å². The fourth-order valence-corrected chi connectivity index (χ4v) is 3.31. The Bertz CT molecular complexity index is 553. The number of H-pyrrole nitrogens is 1. The summed E-state index contributed by atoms with van der Waals surface area (Å²) in [7, 11) is -3.57. The standard InChI is InChI=1S/C12H18N2O4S/c15-10-3-1-9(2-4-10)7-14-19(17,18)11-5-6-12(16)13-8-11/h5-6,8-10,14-15H,1-4,7H2,(H,13,16). The van der Waals surface area contributed by atoms with Crippen molar-refractivity contribution >= 4 is 10.0 Å². The van der Waals surface area contributed by atoms with E-state index in [0.29, 0.717) is 6.54 Å². The number of hydrogen-bond acceptors (Lipinski definition) is 4. The average Bonchev–Trinajstić information content (AvgIpc) is 2.39. The van der Waals surface area contributed by atoms with Crippen LogP contribution < -0.4 is 10.3 Å². The highest BCUT2D eigenvalue weighted by atomic mass is 32.2. The summed E-state index contributed by atoms with van der Waals surface area (Å²) in [6.45, 7) is 0.369. The van der Waals surface area contributed by atoms with Crippen LogP contribution >= 0.6 is 0 Å². The quantitative estimate of drug-likeness (QED) is 0.736. The third-order valence-corrected chi connectivity index (χ3v) is 4.87. The Morgan fingerprint density at radius 2 is 1.95 bits per heavy atom. The van der Waals surface area contributed by atoms with Crippen LogP contribution in [0, 0.1) is 5.92 Å². The van der Waals surface area contributed by atoms with Gasteiger partial charge in [0.05, 0.1) is 11.0 Å². The van der Waals surface area contributed by atoms with Crippen LogP contribution in [0.5, 0.6) is 0 Å². The number of aliphatic hydroxyl groups excluding tert-OH is 1. The summed E-state index contributed by atoms with van der Waals surface area (Å²) in [4.78, 5) is 13.3. The number of hydrogen-bond donors (Lipinski definition) is 3. The first-order chi connectivity index (χ1) is 8.97. The molecule has 0 bridgehead atoms. The summed E-state index contributed by atoms with van der Waals surface area (Å²) in [5, 5.41) is 9.39. The lowest BCUT2D eigenvalue weighted by Crippen LogP contribution is -2.32. The molecule has 106 valence electrons. The molecule has 1 fully saturated rings. The molecule has 7 heteroatoms. The molecule has 0 amide bonds. The maximum atomic E-state index is 12.0. The Kier molecular flexibility index (Phi) is 4.38. The zero-order valence-corrected chi connectivity index (χ0v) is 11.3. The van der Waals surface area contributed by atoms with E-state index in [0.717, 1.165) is 25.7 Å². The summed E-state index contributed by atoms with van der Waals surface area (Å²) in [6.07, 6.45) is 4.06. The van der Waals surface area contributed by atoms with E-state index in [9.17, 15) is 18.3 Å². The van der Waals surface area contributed by atoms with E-state index in [4.69, 9.17) is 0 Å². The second kappa shape index (κ2) is 5.85. The average molecular weight is 286 g/mol. The molecule has 1 aromatic rings. The number of aromatic amines is 1. The van der Waals surface area contributed by atoms with Gasteiger partial charge in [-0.2, -0.15) is 0 Å². The lowest BCUT2D eigenvalue weighted by Gasteiger charge is -2.25. The minimum Gasteiger partial charge on any atom is -0.393 e. The number of sulfonamides is 1. The number of nitrogens with one attached hydrogen (secondary N) is 2. The molecule has 0 radical (unpaired) electrons. The molecule has 0 atom stereocenters. The Morgan fingerprint density at radius 1 is 1.26 bits per heavy atom. The highest BCUT2D eigenvalue weighted by molar-refractivity contribution is 7.89. The normalized spacial score (nSPS) is 24.3. The zero-order valence-electron chi connectivity index (χ0n) is 10.5. The van der Waals surface area contributed by atoms with Gasteiger partial charge in [-0.15, -0.1) is 0 Å². The summed E-state index contributed by atoms with van der Waals surface area (Å²) >= 11 is 0. The first-order valence-corrected chi connectivity index (χ1v) is 7.82. The van der Waals surface area contributed by atoms with Crippen molar-refractivity contribution in [2.45, 2.75) is 36.7 Å². The van der Waals surface area contributed by atoms with Crippen molar-refractivity contribution in [3.63, 3.8) is 0 Å². The number of pyridine rings is 1. The largest absolute Gasteiger partial charge is 0.393 e. The summed E-state index contributed by atoms with van der Waals surface area (Å²) in [5.74, 6) is 0.265. The molecule has 0 unspecified atom stereocenters. The van der Waals surface area contributed by atoms with Gasteiger partial charge >= 0.3 is 0 Å². The van der Waals surface area contributed by atoms with Gasteiger partial charge in [0.25, 0.3) is 0 Å². The molecule has 0 saturated heterocycles. The third-order valence-electron chi connectivity index (χ3n) is 3.44. The molecular formula is C12H18N2O4S. The second-order valence-corrected chi connectivity index (χ2v) is 6.68. The molecule has 2 rings (SSSR count). The summed E-state index contributed by atoms with van der Waals surface area (Å²) in [6, 6.07) is 2.47. The van der Waals surface area contributed by atoms with Crippen LogP contribution in [0.25, 0.3) is 0 Å². The second-order valence-electron chi connectivity index (χ2n) is 4.92. The SMILES string of the molecule is O=c1ccc(S(=O)(=O)NCC2CCC(O)CC2)c[nH]1. The Balaban J connectivity index is 1.94. The van der Waals surface area contributed by atoms with E-state index in [-0.39, 0.29) is 22.5 Å². The Morgan fingerprint density at radius 3 is 2.53 bits per heavy atom. The molecule has 0 aliphatic heterocycles. The van der Waals surface area contributed by atoms with Gasteiger partial charge < -0.3 is 10.1 Å². The smallest absolute Gasteiger partial charge is 0.247 e. The summed E-state index contributed by atoms with van der Waals surface area (Å²) in [5.41, 5.74) is -0.333. The van der Waals surface area contributed by atoms with Gasteiger partial charge in [-0.05, 0) is 37.7 Å². The van der Waals surface area contributed by atoms with Gasteiger partial charge in [-0.3, -0.25) is 4.79 Å². The van der Waals surface area contributed by atoms with Crippen molar-refractivity contribution in [3.05, 3.63) is 28.7 Å². The molecule has 1 aromatic heterocycles. The lowest BCUT2D eigenvalue weighted by molar-refractivity contribution is 0.109. The van der Waals surface area contributed by atoms with Crippen molar-refractivity contribution in [3.8, 4) is 0 Å². The number of aliphatic hydroxyl groups is 1. The van der Waals surface area contributed by atoms with Gasteiger partial charge in [-0.25, -0.2) is 13.1 Å². The summed E-state index contributed by atoms with van der Waals surface area (Å²) < 4.78 is 26.5. The monoisotopic (exact) mass is 286 g/mol. The first-order valence-electron chi connectivity index (χ1n) is 6.34. The Hall–Kier alpha value is -1.18. The number of rotatable bonds is 4. The minimum atomic E-state index is -3.57. The van der Waals surface area contributed by atoms with Crippen LogP contribution in [0.4, 0.5) is 0 Å². The van der Waals surface area contributed by atoms with E-state index in [1.54, 1.807) is 0 Å². The van der Waals surface area contributed by atoms with Crippen LogP contribution in [0.2, 0.25) is 0 Å². The molecule has 1 saturated carbocycles. The van der Waals surface area contributed by atoms with Gasteiger partial charge in [-0.1, -0.05) is 0 Å². The fraction of sp³-hybridized carbons (Fsp3) is 0.583. The van der Waals surface area contributed by atoms with Crippen molar-refractivity contribution in [1.29, 1.82) is 0 Å². The van der Waals surface area contributed by atoms with Gasteiger partial charge in [0.15, 0.2) is 0 Å². The molecule has 1 heterocycles. The van der Waals surface area contributed by atoms with Crippen molar-refractivity contribution in [1.82, 2.24) is 9.71 Å². The van der Waals surface area contributed by atoms with Crippen LogP contribution in [0.15, 0.2) is 28.0 Å². The van der Waals surface area contributed by atoms with Gasteiger partial charge in [0.2, 0.25) is 15.6 Å². The maximum Gasteiger partial charge on any atom is 0.247 e. The molecule has 1 aliphatic carbocycles. The highest BCUT2D eigenvalue weighted by Crippen LogP contribution is 2.23. The van der Waals surface area contributed by atoms with Gasteiger partial charge in [0, 0.05) is 18.8 Å². The molecule has 6 nitrogen and oxygen atoms in total. The zero-order chi connectivity index (χ0) is 13.9. The van der Waals surface area contributed by atoms with Crippen LogP contribution in [-0.2, 0) is 10.0 Å². The van der Waals surface area contributed by atoms with E-state index in [1.807, 2.05) is 0 Å². The highest BCUT2D eigenvalue weighted by Gasteiger charge is 2.22. The predicted octanol–water partition coefficient (Wildman–Crippen LogP) is 0.204. The van der Waals surface area contributed by atoms with Crippen LogP contribution in [-0.4, -0.2) is 31.2 Å². The van der Waals surface area contributed by atoms with E-state index in [1.165, 1.54) is 18.3 Å². The first kappa shape index (κ1) is 14.2. The predicted molar refractivity (Wildman–Crippen MR) is 70.2 cm³/mol. The molecule has 3 N–H and O–H groups in total. The lowest BCUT2D eigenvalue weighted by atomic mass is 9.88. The third kappa shape index (κ3) is 3.89. The van der Waals surface area contributed by atoms with E-state index in [2.05, 4.69) is 9.71 Å². The van der Waals surface area contributed by atoms with Crippen LogP contribution in [0.1, 0.15) is 25.7 Å². The maximum absolute atomic E-state index is 12.0. The molecule has 19 heavy (non-hydrogen) atoms. The van der Waals surface area contributed by atoms with E-state index < -0.39 is 10.0 Å². The molecule has 0 aromatic carbocycles. The fourth-order valence-electron chi connectivity index (χ4n) is 2.22. The van der Waals surface area contributed by atoms with Gasteiger partial charge in [0.1, 0.15) is 0 Å². The minimum absolute atomic E-state index is 0.0583. The van der Waals surface area contributed by atoms with Crippen molar-refractivity contribution in [2.75, 3.05) is 6.54 Å². The number of aromatic nitrogens is 1. The van der Waals surface area contributed by atoms with Crippen molar-refractivity contribution in [2.24, 2.45) is 5.92 Å². The Labute approximate surface area is 111 Å². The molecular weight excluding hydrogens is 268 g/mol. The molecule has 1 aliphatic rings. The topological polar surface area (TPSA) is 99.3 Å². The molecule has 0 spiro atoms. The van der Waals surface area contributed by atoms with Crippen molar-refractivity contribution < 1.29 is 13.5 Å².